The van der Waals surface area contributed by atoms with Crippen LogP contribution in [0.3, 0.4) is 0 Å². The van der Waals surface area contributed by atoms with Crippen LogP contribution in [0.2, 0.25) is 0 Å². The molecular formula is C16H24N2O2. The van der Waals surface area contributed by atoms with Crippen LogP contribution in [0.1, 0.15) is 68.4 Å². The molecule has 0 unspecified atom stereocenters. The van der Waals surface area contributed by atoms with Crippen molar-refractivity contribution in [3.63, 3.8) is 0 Å². The molecule has 1 aromatic rings. The summed E-state index contributed by atoms with van der Waals surface area (Å²) >= 11 is 0. The largest absolute Gasteiger partial charge is 0.376 e. The van der Waals surface area contributed by atoms with Gasteiger partial charge in [-0.05, 0) is 31.6 Å². The standard InChI is InChI=1S/C16H24N2O2/c1-2-3-11-4-6-12(7-5-11)15-17-14-8-9-20-10-13(14)16(19)18-15/h11-12H,2-10H2,1H3,(H,17,18,19). The maximum atomic E-state index is 12.1. The topological polar surface area (TPSA) is 55.0 Å². The Morgan fingerprint density at radius 2 is 2.10 bits per heavy atom. The molecule has 0 atom stereocenters. The summed E-state index contributed by atoms with van der Waals surface area (Å²) in [6.07, 6.45) is 8.30. The van der Waals surface area contributed by atoms with Crippen molar-refractivity contribution < 1.29 is 4.74 Å². The number of ether oxygens (including phenoxy) is 1. The number of H-pyrrole nitrogens is 1. The molecular weight excluding hydrogens is 252 g/mol. The molecule has 110 valence electrons. The van der Waals surface area contributed by atoms with E-state index >= 15 is 0 Å². The van der Waals surface area contributed by atoms with Crippen LogP contribution in [0.25, 0.3) is 0 Å². The molecule has 0 bridgehead atoms. The number of aromatic amines is 1. The first-order valence-corrected chi connectivity index (χ1v) is 7.97. The van der Waals surface area contributed by atoms with Gasteiger partial charge in [0.25, 0.3) is 5.56 Å². The second-order valence-electron chi connectivity index (χ2n) is 6.19. The minimum atomic E-state index is 0.0142. The van der Waals surface area contributed by atoms with Crippen molar-refractivity contribution in [2.45, 2.75) is 64.4 Å². The van der Waals surface area contributed by atoms with Gasteiger partial charge in [-0.25, -0.2) is 4.98 Å². The summed E-state index contributed by atoms with van der Waals surface area (Å²) in [6, 6.07) is 0. The summed E-state index contributed by atoms with van der Waals surface area (Å²) in [6.45, 7) is 3.37. The minimum absolute atomic E-state index is 0.0142. The van der Waals surface area contributed by atoms with E-state index in [0.717, 1.165) is 29.4 Å². The summed E-state index contributed by atoms with van der Waals surface area (Å²) in [5, 5.41) is 0. The molecule has 1 N–H and O–H groups in total. The summed E-state index contributed by atoms with van der Waals surface area (Å²) in [5.41, 5.74) is 1.71. The average molecular weight is 276 g/mol. The third-order valence-electron chi connectivity index (χ3n) is 4.78. The molecule has 4 nitrogen and oxygen atoms in total. The van der Waals surface area contributed by atoms with Crippen LogP contribution >= 0.6 is 0 Å². The molecule has 20 heavy (non-hydrogen) atoms. The molecule has 0 radical (unpaired) electrons. The summed E-state index contributed by atoms with van der Waals surface area (Å²) in [4.78, 5) is 19.9. The summed E-state index contributed by atoms with van der Waals surface area (Å²) in [5.74, 6) is 2.25. The first-order valence-electron chi connectivity index (χ1n) is 7.97. The Morgan fingerprint density at radius 3 is 2.85 bits per heavy atom. The fraction of sp³-hybridized carbons (Fsp3) is 0.750. The van der Waals surface area contributed by atoms with Gasteiger partial charge in [-0.15, -0.1) is 0 Å². The van der Waals surface area contributed by atoms with Crippen LogP contribution in [-0.2, 0) is 17.8 Å². The van der Waals surface area contributed by atoms with E-state index in [2.05, 4.69) is 11.9 Å². The van der Waals surface area contributed by atoms with Crippen molar-refractivity contribution in [3.8, 4) is 0 Å². The van der Waals surface area contributed by atoms with Crippen LogP contribution in [0.4, 0.5) is 0 Å². The quantitative estimate of drug-likeness (QED) is 0.923. The van der Waals surface area contributed by atoms with Crippen molar-refractivity contribution in [1.82, 2.24) is 9.97 Å². The van der Waals surface area contributed by atoms with Gasteiger partial charge in [-0.3, -0.25) is 4.79 Å². The van der Waals surface area contributed by atoms with Gasteiger partial charge < -0.3 is 9.72 Å². The lowest BCUT2D eigenvalue weighted by Crippen LogP contribution is -2.27. The van der Waals surface area contributed by atoms with E-state index in [0.29, 0.717) is 19.1 Å². The summed E-state index contributed by atoms with van der Waals surface area (Å²) < 4.78 is 5.34. The molecule has 2 heterocycles. The smallest absolute Gasteiger partial charge is 0.256 e. The van der Waals surface area contributed by atoms with Crippen molar-refractivity contribution in [2.24, 2.45) is 5.92 Å². The number of nitrogens with one attached hydrogen (secondary N) is 1. The molecule has 1 aliphatic heterocycles. The predicted octanol–water partition coefficient (Wildman–Crippen LogP) is 2.92. The molecule has 1 saturated carbocycles. The first kappa shape index (κ1) is 13.8. The van der Waals surface area contributed by atoms with Crippen LogP contribution in [0.5, 0.6) is 0 Å². The van der Waals surface area contributed by atoms with Crippen LogP contribution < -0.4 is 5.56 Å². The summed E-state index contributed by atoms with van der Waals surface area (Å²) in [7, 11) is 0. The van der Waals surface area contributed by atoms with E-state index in [1.807, 2.05) is 0 Å². The molecule has 0 spiro atoms. The highest BCUT2D eigenvalue weighted by atomic mass is 16.5. The number of rotatable bonds is 3. The van der Waals surface area contributed by atoms with E-state index in [-0.39, 0.29) is 5.56 Å². The molecule has 1 aliphatic carbocycles. The highest BCUT2D eigenvalue weighted by molar-refractivity contribution is 5.20. The van der Waals surface area contributed by atoms with Crippen LogP contribution in [0, 0.1) is 5.92 Å². The van der Waals surface area contributed by atoms with E-state index in [1.165, 1.54) is 38.5 Å². The maximum absolute atomic E-state index is 12.1. The third-order valence-corrected chi connectivity index (χ3v) is 4.78. The predicted molar refractivity (Wildman–Crippen MR) is 77.8 cm³/mol. The molecule has 4 heteroatoms. The zero-order valence-electron chi connectivity index (χ0n) is 12.3. The second-order valence-corrected chi connectivity index (χ2v) is 6.19. The molecule has 3 rings (SSSR count). The zero-order valence-corrected chi connectivity index (χ0v) is 12.3. The lowest BCUT2D eigenvalue weighted by molar-refractivity contribution is 0.107. The van der Waals surface area contributed by atoms with Gasteiger partial charge in [-0.1, -0.05) is 19.8 Å². The second kappa shape index (κ2) is 6.08. The Balaban J connectivity index is 1.75. The monoisotopic (exact) mass is 276 g/mol. The Labute approximate surface area is 120 Å². The van der Waals surface area contributed by atoms with Gasteiger partial charge in [0.1, 0.15) is 5.82 Å². The lowest BCUT2D eigenvalue weighted by atomic mass is 9.79. The van der Waals surface area contributed by atoms with Gasteiger partial charge in [0.15, 0.2) is 0 Å². The minimum Gasteiger partial charge on any atom is -0.376 e. The number of hydrogen-bond donors (Lipinski definition) is 1. The fourth-order valence-electron chi connectivity index (χ4n) is 3.59. The van der Waals surface area contributed by atoms with Crippen LogP contribution in [0.15, 0.2) is 4.79 Å². The Bertz CT molecular complexity index is 516. The Morgan fingerprint density at radius 1 is 1.30 bits per heavy atom. The van der Waals surface area contributed by atoms with E-state index in [9.17, 15) is 4.79 Å². The van der Waals surface area contributed by atoms with Crippen molar-refractivity contribution in [3.05, 3.63) is 27.4 Å². The van der Waals surface area contributed by atoms with Gasteiger partial charge >= 0.3 is 0 Å². The molecule has 1 fully saturated rings. The zero-order chi connectivity index (χ0) is 13.9. The van der Waals surface area contributed by atoms with Gasteiger partial charge in [0.05, 0.1) is 24.5 Å². The number of fused-ring (bicyclic) bond motifs is 1. The average Bonchev–Trinajstić information content (AvgIpc) is 2.48. The highest BCUT2D eigenvalue weighted by Crippen LogP contribution is 2.36. The normalized spacial score (nSPS) is 26.2. The van der Waals surface area contributed by atoms with Gasteiger partial charge in [0, 0.05) is 12.3 Å². The number of hydrogen-bond acceptors (Lipinski definition) is 3. The number of aromatic nitrogens is 2. The molecule has 2 aliphatic rings. The Hall–Kier alpha value is -1.16. The maximum Gasteiger partial charge on any atom is 0.256 e. The van der Waals surface area contributed by atoms with Crippen LogP contribution in [-0.4, -0.2) is 16.6 Å². The third kappa shape index (κ3) is 2.80. The van der Waals surface area contributed by atoms with E-state index < -0.39 is 0 Å². The van der Waals surface area contributed by atoms with E-state index in [4.69, 9.17) is 9.72 Å². The Kier molecular flexibility index (Phi) is 4.20. The van der Waals surface area contributed by atoms with Crippen molar-refractivity contribution in [1.29, 1.82) is 0 Å². The number of nitrogens with zero attached hydrogens (tertiary/aromatic N) is 1. The van der Waals surface area contributed by atoms with Crippen molar-refractivity contribution in [2.75, 3.05) is 6.61 Å². The lowest BCUT2D eigenvalue weighted by Gasteiger charge is -2.28. The van der Waals surface area contributed by atoms with Gasteiger partial charge in [-0.2, -0.15) is 0 Å². The molecule has 0 amide bonds. The molecule has 0 saturated heterocycles. The fourth-order valence-corrected chi connectivity index (χ4v) is 3.59. The van der Waals surface area contributed by atoms with E-state index in [1.54, 1.807) is 0 Å². The molecule has 1 aromatic heterocycles. The SMILES string of the molecule is CCCC1CCC(c2nc3c(c(=O)[nH]2)COCC3)CC1. The van der Waals surface area contributed by atoms with Crippen molar-refractivity contribution >= 4 is 0 Å². The molecule has 0 aromatic carbocycles. The highest BCUT2D eigenvalue weighted by Gasteiger charge is 2.25. The first-order chi connectivity index (χ1) is 9.78. The van der Waals surface area contributed by atoms with Gasteiger partial charge in [0.2, 0.25) is 0 Å².